The normalized spacial score (nSPS) is 17.9. The molecule has 3 N–H and O–H groups in total. The van der Waals surface area contributed by atoms with E-state index in [-0.39, 0.29) is 36.2 Å². The molecule has 0 unspecified atom stereocenters. The number of amides is 2. The summed E-state index contributed by atoms with van der Waals surface area (Å²) >= 11 is 0. The molecule has 0 radical (unpaired) electrons. The lowest BCUT2D eigenvalue weighted by molar-refractivity contribution is -0.120. The third-order valence-electron chi connectivity index (χ3n) is 6.66. The zero-order valence-corrected chi connectivity index (χ0v) is 19.9. The van der Waals surface area contributed by atoms with Crippen LogP contribution in [0.25, 0.3) is 11.3 Å². The highest BCUT2D eigenvalue weighted by molar-refractivity contribution is 5.97. The van der Waals surface area contributed by atoms with Gasteiger partial charge in [-0.2, -0.15) is 5.10 Å². The summed E-state index contributed by atoms with van der Waals surface area (Å²) in [5.74, 6) is -1.02. The zero-order valence-electron chi connectivity index (χ0n) is 19.9. The summed E-state index contributed by atoms with van der Waals surface area (Å²) in [6.07, 6.45) is 0.554. The van der Waals surface area contributed by atoms with Gasteiger partial charge in [0.2, 0.25) is 5.91 Å². The van der Waals surface area contributed by atoms with E-state index in [1.54, 1.807) is 28.6 Å². The minimum Gasteiger partial charge on any atom is -0.394 e. The van der Waals surface area contributed by atoms with E-state index >= 15 is 0 Å². The molecule has 0 aliphatic carbocycles. The Hall–Kier alpha value is -3.46. The van der Waals surface area contributed by atoms with Gasteiger partial charge in [0.05, 0.1) is 24.8 Å². The minimum absolute atomic E-state index is 0.00176. The van der Waals surface area contributed by atoms with Gasteiger partial charge in [-0.05, 0) is 70.0 Å². The molecule has 34 heavy (non-hydrogen) atoms. The number of anilines is 1. The number of nitrogens with zero attached hydrogens (tertiary/aromatic N) is 3. The number of nitrogens with one attached hydrogen (secondary N) is 2. The van der Waals surface area contributed by atoms with Crippen molar-refractivity contribution in [2.75, 3.05) is 18.5 Å². The molecule has 8 nitrogen and oxygen atoms in total. The number of benzene rings is 1. The number of aliphatic hydroxyl groups is 1. The van der Waals surface area contributed by atoms with Gasteiger partial charge in [-0.25, -0.2) is 4.39 Å². The lowest BCUT2D eigenvalue weighted by Crippen LogP contribution is -2.39. The van der Waals surface area contributed by atoms with Crippen LogP contribution in [0.1, 0.15) is 40.8 Å². The topological polar surface area (TPSA) is 103 Å². The monoisotopic (exact) mass is 467 g/mol. The molecule has 0 bridgehead atoms. The van der Waals surface area contributed by atoms with Gasteiger partial charge in [0, 0.05) is 35.2 Å². The Labute approximate surface area is 197 Å². The Bertz CT molecular complexity index is 1230. The summed E-state index contributed by atoms with van der Waals surface area (Å²) in [6.45, 7) is 8.23. The first-order chi connectivity index (χ1) is 16.2. The maximum absolute atomic E-state index is 13.5. The quantitative estimate of drug-likeness (QED) is 0.517. The van der Waals surface area contributed by atoms with Crippen molar-refractivity contribution >= 4 is 17.5 Å². The van der Waals surface area contributed by atoms with Crippen molar-refractivity contribution in [1.82, 2.24) is 19.7 Å². The smallest absolute Gasteiger partial charge is 0.270 e. The van der Waals surface area contributed by atoms with Gasteiger partial charge in [-0.15, -0.1) is 0 Å². The van der Waals surface area contributed by atoms with E-state index in [9.17, 15) is 19.1 Å². The molecule has 180 valence electrons. The van der Waals surface area contributed by atoms with Gasteiger partial charge in [-0.1, -0.05) is 0 Å². The molecule has 9 heteroatoms. The average Bonchev–Trinajstić information content (AvgIpc) is 3.49. The fraction of sp³-hybridized carbons (Fsp3) is 0.400. The summed E-state index contributed by atoms with van der Waals surface area (Å²) in [5.41, 5.74) is 4.88. The number of halogens is 1. The summed E-state index contributed by atoms with van der Waals surface area (Å²) in [7, 11) is 0. The third kappa shape index (κ3) is 4.35. The Morgan fingerprint density at radius 3 is 2.71 bits per heavy atom. The first-order valence-electron chi connectivity index (χ1n) is 11.4. The van der Waals surface area contributed by atoms with E-state index in [2.05, 4.69) is 15.4 Å². The van der Waals surface area contributed by atoms with Gasteiger partial charge in [-0.3, -0.25) is 14.3 Å². The summed E-state index contributed by atoms with van der Waals surface area (Å²) in [4.78, 5) is 31.1. The zero-order chi connectivity index (χ0) is 24.6. The van der Waals surface area contributed by atoms with Crippen molar-refractivity contribution in [2.45, 2.75) is 46.7 Å². The Morgan fingerprint density at radius 2 is 2.00 bits per heavy atom. The molecule has 0 spiro atoms. The molecule has 3 heterocycles. The first kappa shape index (κ1) is 23.7. The molecule has 1 aromatic carbocycles. The molecule has 4 rings (SSSR count). The van der Waals surface area contributed by atoms with Crippen LogP contribution in [0.3, 0.4) is 0 Å². The predicted molar refractivity (Wildman–Crippen MR) is 127 cm³/mol. The number of carbonyl (C=O) groups is 2. The van der Waals surface area contributed by atoms with E-state index in [0.717, 1.165) is 22.6 Å². The van der Waals surface area contributed by atoms with Crippen molar-refractivity contribution in [2.24, 2.45) is 5.92 Å². The standard InChI is InChI=1S/C25H30FN5O3/c1-14-13-18(5-6-20(14)26)27-24(33)19-9-10-30(16(19)3)25(34)22-8-7-21(28-22)23-15(2)29-31(11-12-32)17(23)4/h5-8,13,16,19,28,32H,9-12H2,1-4H3,(H,27,33)/t16-,19-/m0/s1. The van der Waals surface area contributed by atoms with E-state index in [4.69, 9.17) is 0 Å². The molecule has 1 aliphatic heterocycles. The molecular weight excluding hydrogens is 437 g/mol. The van der Waals surface area contributed by atoms with Crippen LogP contribution in [0.2, 0.25) is 0 Å². The third-order valence-corrected chi connectivity index (χ3v) is 6.66. The summed E-state index contributed by atoms with van der Waals surface area (Å²) in [5, 5.41) is 16.6. The number of hydrogen-bond donors (Lipinski definition) is 3. The Morgan fingerprint density at radius 1 is 1.24 bits per heavy atom. The van der Waals surface area contributed by atoms with E-state index < -0.39 is 0 Å². The van der Waals surface area contributed by atoms with E-state index in [1.165, 1.54) is 12.1 Å². The van der Waals surface area contributed by atoms with Crippen LogP contribution in [0.4, 0.5) is 10.1 Å². The van der Waals surface area contributed by atoms with Crippen LogP contribution < -0.4 is 5.32 Å². The van der Waals surface area contributed by atoms with Crippen molar-refractivity contribution in [3.05, 3.63) is 58.8 Å². The number of hydrogen-bond acceptors (Lipinski definition) is 4. The van der Waals surface area contributed by atoms with E-state index in [1.807, 2.05) is 26.8 Å². The lowest BCUT2D eigenvalue weighted by atomic mass is 10.0. The highest BCUT2D eigenvalue weighted by Crippen LogP contribution is 2.30. The number of aryl methyl sites for hydroxylation is 2. The highest BCUT2D eigenvalue weighted by atomic mass is 19.1. The first-order valence-corrected chi connectivity index (χ1v) is 11.4. The van der Waals surface area contributed by atoms with Crippen LogP contribution >= 0.6 is 0 Å². The second kappa shape index (κ2) is 9.42. The van der Waals surface area contributed by atoms with Crippen LogP contribution in [0.5, 0.6) is 0 Å². The van der Waals surface area contributed by atoms with Gasteiger partial charge in [0.15, 0.2) is 0 Å². The van der Waals surface area contributed by atoms with Gasteiger partial charge < -0.3 is 20.3 Å². The SMILES string of the molecule is Cc1cc(NC(=O)[C@H]2CCN(C(=O)c3ccc(-c4c(C)nn(CCO)c4C)[nH]3)[C@H]2C)ccc1F. The summed E-state index contributed by atoms with van der Waals surface area (Å²) < 4.78 is 15.3. The molecule has 1 saturated heterocycles. The minimum atomic E-state index is -0.357. The van der Waals surface area contributed by atoms with Crippen LogP contribution in [0.15, 0.2) is 30.3 Å². The number of aliphatic hydroxyl groups excluding tert-OH is 1. The Kier molecular flexibility index (Phi) is 6.56. The number of H-pyrrole nitrogens is 1. The molecule has 2 aromatic heterocycles. The molecule has 3 aromatic rings. The summed E-state index contributed by atoms with van der Waals surface area (Å²) in [6, 6.07) is 7.80. The molecule has 2 amide bonds. The largest absolute Gasteiger partial charge is 0.394 e. The maximum atomic E-state index is 13.5. The second-order valence-corrected chi connectivity index (χ2v) is 8.87. The van der Waals surface area contributed by atoms with Crippen molar-refractivity contribution < 1.29 is 19.1 Å². The fourth-order valence-electron chi connectivity index (χ4n) is 4.75. The van der Waals surface area contributed by atoms with Gasteiger partial charge in [0.25, 0.3) is 5.91 Å². The molecule has 1 fully saturated rings. The van der Waals surface area contributed by atoms with Crippen LogP contribution in [0, 0.1) is 32.5 Å². The Balaban J connectivity index is 1.47. The second-order valence-electron chi connectivity index (χ2n) is 8.87. The van der Waals surface area contributed by atoms with Gasteiger partial charge >= 0.3 is 0 Å². The number of rotatable bonds is 6. The lowest BCUT2D eigenvalue weighted by Gasteiger charge is -2.24. The fourth-order valence-corrected chi connectivity index (χ4v) is 4.75. The van der Waals surface area contributed by atoms with Crippen molar-refractivity contribution in [3.63, 3.8) is 0 Å². The molecule has 1 aliphatic rings. The van der Waals surface area contributed by atoms with Crippen LogP contribution in [-0.4, -0.2) is 55.8 Å². The molecular formula is C25H30FN5O3. The van der Waals surface area contributed by atoms with Crippen molar-refractivity contribution in [1.29, 1.82) is 0 Å². The average molecular weight is 468 g/mol. The van der Waals surface area contributed by atoms with E-state index in [0.29, 0.717) is 36.5 Å². The predicted octanol–water partition coefficient (Wildman–Crippen LogP) is 3.42. The number of likely N-dealkylation sites (tertiary alicyclic amines) is 1. The number of aromatic amines is 1. The van der Waals surface area contributed by atoms with Crippen LogP contribution in [-0.2, 0) is 11.3 Å². The molecule has 0 saturated carbocycles. The highest BCUT2D eigenvalue weighted by Gasteiger charge is 2.38. The molecule has 2 atom stereocenters. The number of aromatic nitrogens is 3. The maximum Gasteiger partial charge on any atom is 0.270 e. The van der Waals surface area contributed by atoms with Crippen molar-refractivity contribution in [3.8, 4) is 11.3 Å². The number of carbonyl (C=O) groups excluding carboxylic acids is 2. The van der Waals surface area contributed by atoms with Gasteiger partial charge in [0.1, 0.15) is 11.5 Å².